The van der Waals surface area contributed by atoms with Crippen molar-refractivity contribution in [3.8, 4) is 0 Å². The van der Waals surface area contributed by atoms with Crippen molar-refractivity contribution in [3.63, 3.8) is 0 Å². The normalized spacial score (nSPS) is 9.64. The molecule has 3 nitrogen and oxygen atoms in total. The summed E-state index contributed by atoms with van der Waals surface area (Å²) in [5.74, 6) is -1.76. The van der Waals surface area contributed by atoms with Gasteiger partial charge in [-0.15, -0.1) is 0 Å². The van der Waals surface area contributed by atoms with E-state index in [2.05, 4.69) is 4.52 Å². The second-order valence-electron chi connectivity index (χ2n) is 2.66. The van der Waals surface area contributed by atoms with Gasteiger partial charge in [0.25, 0.3) is 0 Å². The van der Waals surface area contributed by atoms with Crippen molar-refractivity contribution in [3.05, 3.63) is 35.1 Å². The van der Waals surface area contributed by atoms with Crippen LogP contribution in [0.25, 0.3) is 0 Å². The Morgan fingerprint density at radius 2 is 2.07 bits per heavy atom. The molecule has 0 aliphatic carbocycles. The van der Waals surface area contributed by atoms with Gasteiger partial charge in [-0.2, -0.15) is 0 Å². The smallest absolute Gasteiger partial charge is 0.343 e. The zero-order valence-corrected chi connectivity index (χ0v) is 8.57. The van der Waals surface area contributed by atoms with Gasteiger partial charge in [-0.3, -0.25) is 4.79 Å². The molecule has 14 heavy (non-hydrogen) atoms. The Bertz CT molecular complexity index is 390. The van der Waals surface area contributed by atoms with E-state index in [1.807, 2.05) is 0 Å². The summed E-state index contributed by atoms with van der Waals surface area (Å²) in [5.41, 5.74) is 0.0319. The highest BCUT2D eigenvalue weighted by Crippen LogP contribution is 2.13. The maximum absolute atomic E-state index is 13.0. The van der Waals surface area contributed by atoms with Crippen LogP contribution >= 0.6 is 9.47 Å². The van der Waals surface area contributed by atoms with Crippen molar-refractivity contribution in [1.29, 1.82) is 0 Å². The number of carbonyl (C=O) groups is 2. The molecule has 0 saturated heterocycles. The maximum Gasteiger partial charge on any atom is 0.343 e. The first-order chi connectivity index (χ1) is 6.56. The number of hydrogen-bond donors (Lipinski definition) is 0. The Hall–Kier alpha value is -1.28. The van der Waals surface area contributed by atoms with E-state index in [1.54, 1.807) is 9.47 Å². The van der Waals surface area contributed by atoms with Gasteiger partial charge in [-0.1, -0.05) is 0 Å². The Labute approximate surface area is 82.5 Å². The molecule has 1 unspecified atom stereocenters. The molecule has 0 aliphatic rings. The van der Waals surface area contributed by atoms with Gasteiger partial charge < -0.3 is 4.52 Å². The average molecular weight is 214 g/mol. The third-order valence-electron chi connectivity index (χ3n) is 1.70. The molecule has 1 aromatic carbocycles. The zero-order chi connectivity index (χ0) is 10.7. The predicted molar refractivity (Wildman–Crippen MR) is 51.5 cm³/mol. The first-order valence-electron chi connectivity index (χ1n) is 3.78. The van der Waals surface area contributed by atoms with Crippen molar-refractivity contribution >= 4 is 21.2 Å². The van der Waals surface area contributed by atoms with Gasteiger partial charge in [0, 0.05) is 5.56 Å². The molecule has 0 spiro atoms. The zero-order valence-electron chi connectivity index (χ0n) is 7.41. The van der Waals surface area contributed by atoms with Crippen molar-refractivity contribution in [2.75, 3.05) is 0 Å². The molecule has 0 saturated carbocycles. The van der Waals surface area contributed by atoms with Crippen LogP contribution in [0.15, 0.2) is 18.2 Å². The third-order valence-corrected chi connectivity index (χ3v) is 1.91. The third kappa shape index (κ3) is 2.15. The van der Waals surface area contributed by atoms with Gasteiger partial charge in [0.1, 0.15) is 5.82 Å². The molecule has 0 heterocycles. The van der Waals surface area contributed by atoms with Crippen LogP contribution in [0.1, 0.15) is 27.6 Å². The molecule has 1 atom stereocenters. The highest BCUT2D eigenvalue weighted by molar-refractivity contribution is 7.10. The van der Waals surface area contributed by atoms with E-state index in [0.29, 0.717) is 0 Å². The lowest BCUT2D eigenvalue weighted by molar-refractivity contribution is 0.0761. The molecule has 1 rings (SSSR count). The minimum atomic E-state index is -0.824. The van der Waals surface area contributed by atoms with Gasteiger partial charge in [-0.05, 0) is 25.1 Å². The van der Waals surface area contributed by atoms with Crippen molar-refractivity contribution in [1.82, 2.24) is 0 Å². The van der Waals surface area contributed by atoms with Crippen LogP contribution in [-0.2, 0) is 4.52 Å². The monoisotopic (exact) mass is 214 g/mol. The van der Waals surface area contributed by atoms with Crippen molar-refractivity contribution < 1.29 is 18.5 Å². The lowest BCUT2D eigenvalue weighted by Crippen LogP contribution is -2.04. The number of benzene rings is 1. The summed E-state index contributed by atoms with van der Waals surface area (Å²) in [4.78, 5) is 22.0. The van der Waals surface area contributed by atoms with E-state index >= 15 is 0 Å². The number of ketones is 1. The van der Waals surface area contributed by atoms with Crippen molar-refractivity contribution in [2.24, 2.45) is 0 Å². The number of carbonyl (C=O) groups excluding carboxylic acids is 2. The maximum atomic E-state index is 13.0. The molecule has 0 N–H and O–H groups in total. The quantitative estimate of drug-likeness (QED) is 0.558. The molecule has 0 amide bonds. The van der Waals surface area contributed by atoms with Crippen LogP contribution in [0.4, 0.5) is 4.39 Å². The van der Waals surface area contributed by atoms with Crippen LogP contribution < -0.4 is 0 Å². The number of rotatable bonds is 2. The highest BCUT2D eigenvalue weighted by atomic mass is 31.0. The molecular weight excluding hydrogens is 206 g/mol. The largest absolute Gasteiger partial charge is 0.448 e. The van der Waals surface area contributed by atoms with Crippen molar-refractivity contribution in [2.45, 2.75) is 6.92 Å². The fourth-order valence-electron chi connectivity index (χ4n) is 0.964. The standard InChI is InChI=1S/C9H8FO3P/c1-5(11)6-2-3-8(10)7(4-6)9(12)13-14/h2-4H,14H2,1H3. The van der Waals surface area contributed by atoms with Crippen LogP contribution in [-0.4, -0.2) is 11.8 Å². The van der Waals surface area contributed by atoms with Gasteiger partial charge in [0.05, 0.1) is 15.0 Å². The second kappa shape index (κ2) is 4.29. The SMILES string of the molecule is CC(=O)c1ccc(F)c(C(=O)OP)c1. The Morgan fingerprint density at radius 1 is 1.43 bits per heavy atom. The molecule has 0 aromatic heterocycles. The minimum absolute atomic E-state index is 0.234. The summed E-state index contributed by atoms with van der Waals surface area (Å²) in [6, 6.07) is 3.55. The lowest BCUT2D eigenvalue weighted by atomic mass is 10.1. The van der Waals surface area contributed by atoms with E-state index < -0.39 is 11.8 Å². The predicted octanol–water partition coefficient (Wildman–Crippen LogP) is 1.98. The van der Waals surface area contributed by atoms with E-state index in [9.17, 15) is 14.0 Å². The first kappa shape index (κ1) is 10.8. The average Bonchev–Trinajstić information content (AvgIpc) is 2.17. The van der Waals surface area contributed by atoms with E-state index in [4.69, 9.17) is 0 Å². The van der Waals surface area contributed by atoms with E-state index in [1.165, 1.54) is 19.1 Å². The van der Waals surface area contributed by atoms with Gasteiger partial charge in [0.2, 0.25) is 0 Å². The first-order valence-corrected chi connectivity index (χ1v) is 4.25. The Morgan fingerprint density at radius 3 is 2.57 bits per heavy atom. The molecule has 0 bridgehead atoms. The highest BCUT2D eigenvalue weighted by Gasteiger charge is 2.13. The van der Waals surface area contributed by atoms with Crippen LogP contribution in [0.3, 0.4) is 0 Å². The lowest BCUT2D eigenvalue weighted by Gasteiger charge is -2.02. The topological polar surface area (TPSA) is 43.4 Å². The summed E-state index contributed by atoms with van der Waals surface area (Å²) in [6.07, 6.45) is 0. The second-order valence-corrected chi connectivity index (χ2v) is 2.89. The van der Waals surface area contributed by atoms with Crippen LogP contribution in [0.5, 0.6) is 0 Å². The number of halogens is 1. The molecule has 0 fully saturated rings. The minimum Gasteiger partial charge on any atom is -0.448 e. The molecule has 0 radical (unpaired) electrons. The fourth-order valence-corrected chi connectivity index (χ4v) is 1.09. The Balaban J connectivity index is 3.21. The molecule has 1 aromatic rings. The summed E-state index contributed by atoms with van der Waals surface area (Å²) >= 11 is 0. The van der Waals surface area contributed by atoms with E-state index in [-0.39, 0.29) is 16.9 Å². The number of Topliss-reactive ketones (excluding diaryl/α,β-unsaturated/α-hetero) is 1. The van der Waals surface area contributed by atoms with Gasteiger partial charge in [0.15, 0.2) is 5.78 Å². The molecule has 74 valence electrons. The summed E-state index contributed by atoms with van der Waals surface area (Å²) in [7, 11) is 1.73. The van der Waals surface area contributed by atoms with Crippen LogP contribution in [0.2, 0.25) is 0 Å². The summed E-state index contributed by atoms with van der Waals surface area (Å²) < 4.78 is 17.3. The Kier molecular flexibility index (Phi) is 3.31. The molecule has 0 aliphatic heterocycles. The van der Waals surface area contributed by atoms with E-state index in [0.717, 1.165) is 6.07 Å². The molecular formula is C9H8FO3P. The fraction of sp³-hybridized carbons (Fsp3) is 0.111. The number of hydrogen-bond acceptors (Lipinski definition) is 3. The van der Waals surface area contributed by atoms with Gasteiger partial charge >= 0.3 is 5.97 Å². The summed E-state index contributed by atoms with van der Waals surface area (Å²) in [6.45, 7) is 1.34. The molecule has 5 heteroatoms. The van der Waals surface area contributed by atoms with Crippen LogP contribution in [0, 0.1) is 5.82 Å². The summed E-state index contributed by atoms with van der Waals surface area (Å²) in [5, 5.41) is 0. The van der Waals surface area contributed by atoms with Gasteiger partial charge in [-0.25, -0.2) is 9.18 Å².